The predicted octanol–water partition coefficient (Wildman–Crippen LogP) is 7.43. The maximum atomic E-state index is 9.79. The maximum absolute atomic E-state index is 9.79. The van der Waals surface area contributed by atoms with Crippen LogP contribution in [0.2, 0.25) is 0 Å². The molecule has 3 N–H and O–H groups in total. The van der Waals surface area contributed by atoms with Gasteiger partial charge in [-0.3, -0.25) is 0 Å². The Labute approximate surface area is 192 Å². The second-order valence-electron chi connectivity index (χ2n) is 7.40. The molecule has 0 atom stereocenters. The van der Waals surface area contributed by atoms with Crippen LogP contribution in [-0.2, 0) is 0 Å². The molecule has 6 heteroatoms. The van der Waals surface area contributed by atoms with Gasteiger partial charge in [-0.2, -0.15) is 0 Å². The number of aryl methyl sites for hydroxylation is 6. The molecule has 0 heterocycles. The molecule has 3 aromatic rings. The molecule has 0 bridgehead atoms. The zero-order chi connectivity index (χ0) is 22.6. The second kappa shape index (κ2) is 10.4. The Morgan fingerprint density at radius 2 is 0.833 bits per heavy atom. The van der Waals surface area contributed by atoms with Gasteiger partial charge >= 0.3 is 0 Å². The van der Waals surface area contributed by atoms with Crippen LogP contribution >= 0.6 is 34.2 Å². The predicted molar refractivity (Wildman–Crippen MR) is 132 cm³/mol. The van der Waals surface area contributed by atoms with E-state index in [-0.39, 0.29) is 0 Å². The van der Waals surface area contributed by atoms with E-state index in [4.69, 9.17) is 0 Å². The van der Waals surface area contributed by atoms with E-state index in [9.17, 15) is 15.3 Å². The van der Waals surface area contributed by atoms with E-state index < -0.39 is 0 Å². The summed E-state index contributed by atoms with van der Waals surface area (Å²) in [7, 11) is 3.19. The van der Waals surface area contributed by atoms with Crippen molar-refractivity contribution in [1.82, 2.24) is 0 Å². The first kappa shape index (κ1) is 24.4. The molecule has 30 heavy (non-hydrogen) atoms. The van der Waals surface area contributed by atoms with Crippen LogP contribution in [-0.4, -0.2) is 15.3 Å². The van der Waals surface area contributed by atoms with Crippen LogP contribution < -0.4 is 0 Å². The third-order valence-corrected chi connectivity index (χ3v) is 7.85. The van der Waals surface area contributed by atoms with Crippen molar-refractivity contribution in [2.45, 2.75) is 56.2 Å². The van der Waals surface area contributed by atoms with Crippen LogP contribution in [0.25, 0.3) is 0 Å². The molecule has 0 saturated heterocycles. The monoisotopic (exact) mass is 460 g/mol. The van der Waals surface area contributed by atoms with Crippen molar-refractivity contribution in [1.29, 1.82) is 0 Å². The van der Waals surface area contributed by atoms with Gasteiger partial charge in [0.15, 0.2) is 0 Å². The van der Waals surface area contributed by atoms with Gasteiger partial charge in [0.05, 0.1) is 0 Å². The minimum Gasteiger partial charge on any atom is -0.508 e. The van der Waals surface area contributed by atoms with Gasteiger partial charge in [0.2, 0.25) is 0 Å². The highest BCUT2D eigenvalue weighted by Gasteiger charge is 2.09. The van der Waals surface area contributed by atoms with E-state index in [2.05, 4.69) is 12.6 Å². The molecule has 0 aliphatic heterocycles. The molecule has 160 valence electrons. The lowest BCUT2D eigenvalue weighted by Gasteiger charge is -2.10. The van der Waals surface area contributed by atoms with Gasteiger partial charge in [-0.05, 0) is 93.1 Å². The fourth-order valence-electron chi connectivity index (χ4n) is 2.74. The zero-order valence-corrected chi connectivity index (χ0v) is 20.6. The quantitative estimate of drug-likeness (QED) is 0.242. The number of thiol groups is 1. The zero-order valence-electron chi connectivity index (χ0n) is 18.1. The molecule has 0 unspecified atom stereocenters. The van der Waals surface area contributed by atoms with Gasteiger partial charge in [0.25, 0.3) is 0 Å². The lowest BCUT2D eigenvalue weighted by Crippen LogP contribution is -1.84. The van der Waals surface area contributed by atoms with E-state index in [0.29, 0.717) is 17.2 Å². The number of phenolic OH excluding ortho intramolecular Hbond substituents is 3. The van der Waals surface area contributed by atoms with Crippen molar-refractivity contribution in [3.05, 3.63) is 69.8 Å². The Balaban J connectivity index is 0.000000269. The Morgan fingerprint density at radius 1 is 0.500 bits per heavy atom. The fourth-order valence-corrected chi connectivity index (χ4v) is 5.43. The summed E-state index contributed by atoms with van der Waals surface area (Å²) in [5, 5.41) is 28.8. The smallest absolute Gasteiger partial charge is 0.119 e. The van der Waals surface area contributed by atoms with Gasteiger partial charge in [-0.1, -0.05) is 39.8 Å². The van der Waals surface area contributed by atoms with Crippen LogP contribution in [0, 0.1) is 41.5 Å². The standard InChI is InChI=1S/C16H18O2S2.C8H10OS/c1-9-5-11(3)15(7-13(9)17)19-20-16-8-14(18)10(2)6-12(16)4;1-5-3-6(2)8(10)4-7(5)9/h5-8,17-18H,1-4H3;3-4,9-10H,1-2H3. The minimum atomic E-state index is 0.315. The molecule has 3 nitrogen and oxygen atoms in total. The first-order valence-corrected chi connectivity index (χ1v) is 12.0. The molecular weight excluding hydrogens is 432 g/mol. The first-order chi connectivity index (χ1) is 14.0. The Kier molecular flexibility index (Phi) is 8.47. The SMILES string of the molecule is Cc1cc(C)c(S)cc1O.Cc1cc(C)c(SSc2cc(O)c(C)cc2C)cc1O. The Bertz CT molecular complexity index is 955. The maximum Gasteiger partial charge on any atom is 0.119 e. The topological polar surface area (TPSA) is 60.7 Å². The van der Waals surface area contributed by atoms with Crippen molar-refractivity contribution in [2.24, 2.45) is 0 Å². The normalized spacial score (nSPS) is 10.5. The summed E-state index contributed by atoms with van der Waals surface area (Å²) in [6.45, 7) is 11.7. The molecule has 0 aliphatic carbocycles. The lowest BCUT2D eigenvalue weighted by atomic mass is 10.1. The molecular formula is C24H28O3S3. The average Bonchev–Trinajstić information content (AvgIpc) is 2.66. The molecule has 0 aliphatic rings. The summed E-state index contributed by atoms with van der Waals surface area (Å²) in [6.07, 6.45) is 0. The van der Waals surface area contributed by atoms with E-state index in [1.165, 1.54) is 0 Å². The van der Waals surface area contributed by atoms with E-state index in [1.807, 2.05) is 59.7 Å². The van der Waals surface area contributed by atoms with Crippen LogP contribution in [0.5, 0.6) is 17.2 Å². The van der Waals surface area contributed by atoms with Crippen molar-refractivity contribution >= 4 is 34.2 Å². The van der Waals surface area contributed by atoms with E-state index >= 15 is 0 Å². The van der Waals surface area contributed by atoms with E-state index in [1.54, 1.807) is 39.8 Å². The number of rotatable bonds is 3. The third kappa shape index (κ3) is 6.30. The summed E-state index contributed by atoms with van der Waals surface area (Å²) < 4.78 is 0. The van der Waals surface area contributed by atoms with Crippen molar-refractivity contribution in [2.75, 3.05) is 0 Å². The summed E-state index contributed by atoms with van der Waals surface area (Å²) in [4.78, 5) is 2.92. The summed E-state index contributed by atoms with van der Waals surface area (Å²) >= 11 is 4.15. The molecule has 0 radical (unpaired) electrons. The molecule has 3 rings (SSSR count). The molecule has 0 fully saturated rings. The average molecular weight is 461 g/mol. The number of aromatic hydroxyl groups is 3. The second-order valence-corrected chi connectivity index (χ2v) is 10.1. The largest absolute Gasteiger partial charge is 0.508 e. The van der Waals surface area contributed by atoms with Gasteiger partial charge in [-0.15, -0.1) is 12.6 Å². The Morgan fingerprint density at radius 3 is 1.20 bits per heavy atom. The van der Waals surface area contributed by atoms with Crippen molar-refractivity contribution in [3.8, 4) is 17.2 Å². The molecule has 0 aromatic heterocycles. The van der Waals surface area contributed by atoms with Crippen LogP contribution in [0.1, 0.15) is 33.4 Å². The van der Waals surface area contributed by atoms with Crippen LogP contribution in [0.3, 0.4) is 0 Å². The minimum absolute atomic E-state index is 0.315. The third-order valence-electron chi connectivity index (χ3n) is 4.72. The number of phenols is 3. The Hall–Kier alpha value is -1.89. The molecule has 3 aromatic carbocycles. The number of hydrogen-bond donors (Lipinski definition) is 4. The van der Waals surface area contributed by atoms with Crippen LogP contribution in [0.15, 0.2) is 51.1 Å². The van der Waals surface area contributed by atoms with Gasteiger partial charge < -0.3 is 15.3 Å². The summed E-state index contributed by atoms with van der Waals surface area (Å²) in [6, 6.07) is 11.1. The van der Waals surface area contributed by atoms with Gasteiger partial charge in [0.1, 0.15) is 17.2 Å². The number of hydrogen-bond acceptors (Lipinski definition) is 6. The molecule has 0 amide bonds. The number of benzene rings is 3. The van der Waals surface area contributed by atoms with Crippen molar-refractivity contribution < 1.29 is 15.3 Å². The molecule has 0 saturated carbocycles. The molecule has 0 spiro atoms. The van der Waals surface area contributed by atoms with E-state index in [0.717, 1.165) is 48.1 Å². The van der Waals surface area contributed by atoms with Gasteiger partial charge in [-0.25, -0.2) is 0 Å². The van der Waals surface area contributed by atoms with Gasteiger partial charge in [0, 0.05) is 14.7 Å². The lowest BCUT2D eigenvalue weighted by molar-refractivity contribution is 0.469. The summed E-state index contributed by atoms with van der Waals surface area (Å²) in [5.41, 5.74) is 6.06. The highest BCUT2D eigenvalue weighted by Crippen LogP contribution is 2.43. The first-order valence-electron chi connectivity index (χ1n) is 9.43. The highest BCUT2D eigenvalue weighted by molar-refractivity contribution is 8.76. The summed E-state index contributed by atoms with van der Waals surface area (Å²) in [5.74, 6) is 0.958. The van der Waals surface area contributed by atoms with Crippen LogP contribution in [0.4, 0.5) is 0 Å². The van der Waals surface area contributed by atoms with Crippen molar-refractivity contribution in [3.63, 3.8) is 0 Å². The fraction of sp³-hybridized carbons (Fsp3) is 0.250. The highest BCUT2D eigenvalue weighted by atomic mass is 33.1.